The van der Waals surface area contributed by atoms with Gasteiger partial charge in [-0.15, -0.1) is 0 Å². The number of piperidine rings is 1. The number of phenolic OH excluding ortho intramolecular Hbond substituents is 1. The number of ether oxygens (including phenoxy) is 2. The van der Waals surface area contributed by atoms with Crippen LogP contribution in [0.15, 0.2) is 71.7 Å². The van der Waals surface area contributed by atoms with Gasteiger partial charge in [-0.05, 0) is 48.2 Å². The van der Waals surface area contributed by atoms with Crippen LogP contribution in [0.5, 0.6) is 17.2 Å². The van der Waals surface area contributed by atoms with Crippen LogP contribution >= 0.6 is 0 Å². The third-order valence-electron chi connectivity index (χ3n) is 7.51. The fourth-order valence-electron chi connectivity index (χ4n) is 5.76. The molecular formula is C29H30N4O4. The van der Waals surface area contributed by atoms with Gasteiger partial charge in [0.1, 0.15) is 23.9 Å². The first-order valence-electron chi connectivity index (χ1n) is 12.6. The molecule has 0 aliphatic carbocycles. The first kappa shape index (κ1) is 23.4. The summed E-state index contributed by atoms with van der Waals surface area (Å²) < 4.78 is 13.2. The second-order valence-electron chi connectivity index (χ2n) is 9.87. The largest absolute Gasteiger partial charge is 0.507 e. The summed E-state index contributed by atoms with van der Waals surface area (Å²) >= 11 is 0. The number of pyridine rings is 1. The molecule has 2 aliphatic rings. The van der Waals surface area contributed by atoms with Gasteiger partial charge in [-0.25, -0.2) is 0 Å². The number of benzene rings is 2. The number of methoxy groups -OCH3 is 1. The molecule has 1 fully saturated rings. The van der Waals surface area contributed by atoms with E-state index in [1.807, 2.05) is 47.0 Å². The Morgan fingerprint density at radius 3 is 2.68 bits per heavy atom. The number of aromatic amines is 1. The second-order valence-corrected chi connectivity index (χ2v) is 9.87. The number of hydrogen-bond donors (Lipinski definition) is 2. The summed E-state index contributed by atoms with van der Waals surface area (Å²) in [7, 11) is 1.64. The Labute approximate surface area is 215 Å². The van der Waals surface area contributed by atoms with Crippen LogP contribution in [0, 0.1) is 5.92 Å². The van der Waals surface area contributed by atoms with Gasteiger partial charge in [-0.1, -0.05) is 18.2 Å². The van der Waals surface area contributed by atoms with E-state index in [2.05, 4.69) is 21.2 Å². The Hall–Kier alpha value is -4.04. The smallest absolute Gasteiger partial charge is 0.250 e. The van der Waals surface area contributed by atoms with E-state index in [1.165, 1.54) is 0 Å². The first-order valence-corrected chi connectivity index (χ1v) is 12.6. The van der Waals surface area contributed by atoms with Crippen molar-refractivity contribution < 1.29 is 14.6 Å². The number of likely N-dealkylation sites (tertiary alicyclic amines) is 1. The van der Waals surface area contributed by atoms with Gasteiger partial charge in [0.25, 0.3) is 5.56 Å². The van der Waals surface area contributed by atoms with Crippen molar-refractivity contribution in [3.63, 3.8) is 0 Å². The molecule has 37 heavy (non-hydrogen) atoms. The first-order chi connectivity index (χ1) is 18.1. The topological polar surface area (TPSA) is 92.6 Å². The molecule has 2 unspecified atom stereocenters. The molecule has 8 heteroatoms. The van der Waals surface area contributed by atoms with Crippen molar-refractivity contribution in [2.45, 2.75) is 18.9 Å². The zero-order valence-corrected chi connectivity index (χ0v) is 20.8. The summed E-state index contributed by atoms with van der Waals surface area (Å²) in [5.74, 6) is 2.42. The maximum absolute atomic E-state index is 12.2. The van der Waals surface area contributed by atoms with Crippen molar-refractivity contribution in [1.82, 2.24) is 19.7 Å². The summed E-state index contributed by atoms with van der Waals surface area (Å²) in [6.07, 6.45) is 2.89. The summed E-state index contributed by atoms with van der Waals surface area (Å²) in [5, 5.41) is 18.0. The molecule has 2 aromatic carbocycles. The van der Waals surface area contributed by atoms with Crippen LogP contribution in [0.1, 0.15) is 18.0 Å². The average Bonchev–Trinajstić information content (AvgIpc) is 3.39. The van der Waals surface area contributed by atoms with Crippen LogP contribution in [-0.2, 0) is 6.54 Å². The minimum absolute atomic E-state index is 0.110. The summed E-state index contributed by atoms with van der Waals surface area (Å²) in [4.78, 5) is 14.7. The molecule has 1 saturated heterocycles. The van der Waals surface area contributed by atoms with E-state index >= 15 is 0 Å². The molecule has 4 aromatic rings. The van der Waals surface area contributed by atoms with Crippen molar-refractivity contribution in [2.24, 2.45) is 5.92 Å². The van der Waals surface area contributed by atoms with Gasteiger partial charge < -0.3 is 19.1 Å². The molecule has 6 rings (SSSR count). The van der Waals surface area contributed by atoms with Crippen LogP contribution in [-0.4, -0.2) is 58.1 Å². The molecule has 2 bridgehead atoms. The maximum Gasteiger partial charge on any atom is 0.250 e. The van der Waals surface area contributed by atoms with E-state index in [1.54, 1.807) is 25.4 Å². The second kappa shape index (κ2) is 9.78. The molecule has 0 radical (unpaired) electrons. The lowest BCUT2D eigenvalue weighted by Crippen LogP contribution is -2.48. The minimum Gasteiger partial charge on any atom is -0.507 e. The monoisotopic (exact) mass is 498 g/mol. The molecule has 0 saturated carbocycles. The predicted molar refractivity (Wildman–Crippen MR) is 141 cm³/mol. The molecule has 190 valence electrons. The van der Waals surface area contributed by atoms with Crippen LogP contribution < -0.4 is 15.0 Å². The van der Waals surface area contributed by atoms with Crippen molar-refractivity contribution in [2.75, 3.05) is 33.4 Å². The third-order valence-corrected chi connectivity index (χ3v) is 7.51. The highest BCUT2D eigenvalue weighted by atomic mass is 16.5. The van der Waals surface area contributed by atoms with Crippen molar-refractivity contribution in [3.8, 4) is 39.6 Å². The van der Waals surface area contributed by atoms with Crippen LogP contribution in [0.2, 0.25) is 0 Å². The van der Waals surface area contributed by atoms with Crippen molar-refractivity contribution in [3.05, 3.63) is 82.9 Å². The number of aromatic hydroxyl groups is 1. The van der Waals surface area contributed by atoms with Gasteiger partial charge in [0, 0.05) is 61.1 Å². The molecule has 8 nitrogen and oxygen atoms in total. The number of rotatable bonds is 7. The van der Waals surface area contributed by atoms with Crippen molar-refractivity contribution in [1.29, 1.82) is 0 Å². The lowest BCUT2D eigenvalue weighted by Gasteiger charge is -2.42. The summed E-state index contributed by atoms with van der Waals surface area (Å²) in [6.45, 7) is 4.03. The lowest BCUT2D eigenvalue weighted by molar-refractivity contribution is 0.104. The molecule has 2 atom stereocenters. The van der Waals surface area contributed by atoms with E-state index in [0.717, 1.165) is 60.9 Å². The highest BCUT2D eigenvalue weighted by Crippen LogP contribution is 2.38. The van der Waals surface area contributed by atoms with Crippen molar-refractivity contribution >= 4 is 0 Å². The lowest BCUT2D eigenvalue weighted by atomic mass is 9.83. The van der Waals surface area contributed by atoms with Gasteiger partial charge in [-0.2, -0.15) is 5.10 Å². The van der Waals surface area contributed by atoms with E-state index < -0.39 is 0 Å². The van der Waals surface area contributed by atoms with Gasteiger partial charge in [0.15, 0.2) is 0 Å². The number of H-pyrrole nitrogens is 1. The van der Waals surface area contributed by atoms with E-state index in [4.69, 9.17) is 9.47 Å². The average molecular weight is 499 g/mol. The van der Waals surface area contributed by atoms with E-state index in [0.29, 0.717) is 29.8 Å². The van der Waals surface area contributed by atoms with E-state index in [9.17, 15) is 9.90 Å². The fraction of sp³-hybridized carbons (Fsp3) is 0.310. The molecule has 0 amide bonds. The van der Waals surface area contributed by atoms with Gasteiger partial charge >= 0.3 is 0 Å². The van der Waals surface area contributed by atoms with Gasteiger partial charge in [-0.3, -0.25) is 14.8 Å². The summed E-state index contributed by atoms with van der Waals surface area (Å²) in [6, 6.07) is 18.7. The number of phenols is 1. The summed E-state index contributed by atoms with van der Waals surface area (Å²) in [5.41, 5.74) is 4.54. The Morgan fingerprint density at radius 2 is 1.86 bits per heavy atom. The zero-order chi connectivity index (χ0) is 25.4. The number of hydrogen-bond acceptors (Lipinski definition) is 6. The highest BCUT2D eigenvalue weighted by Gasteiger charge is 2.34. The Bertz CT molecular complexity index is 1460. The molecule has 2 N–H and O–H groups in total. The molecular weight excluding hydrogens is 468 g/mol. The van der Waals surface area contributed by atoms with Crippen LogP contribution in [0.25, 0.3) is 22.4 Å². The number of nitrogens with zero attached hydrogens (tertiary/aromatic N) is 3. The molecule has 2 aliphatic heterocycles. The van der Waals surface area contributed by atoms with Crippen LogP contribution in [0.3, 0.4) is 0 Å². The Balaban J connectivity index is 1.10. The molecule has 0 spiro atoms. The third kappa shape index (κ3) is 4.60. The predicted octanol–water partition coefficient (Wildman–Crippen LogP) is 4.12. The van der Waals surface area contributed by atoms with Gasteiger partial charge in [0.2, 0.25) is 0 Å². The molecule has 4 heterocycles. The van der Waals surface area contributed by atoms with Gasteiger partial charge in [0.05, 0.1) is 19.0 Å². The highest BCUT2D eigenvalue weighted by molar-refractivity contribution is 5.83. The van der Waals surface area contributed by atoms with E-state index in [-0.39, 0.29) is 11.3 Å². The maximum atomic E-state index is 12.2. The quantitative estimate of drug-likeness (QED) is 0.398. The Kier molecular flexibility index (Phi) is 6.18. The zero-order valence-electron chi connectivity index (χ0n) is 20.8. The number of aromatic nitrogens is 3. The standard InChI is InChI=1S/C29H30N4O4/c1-36-22-7-5-20(6-8-22)25-15-30-31-29(25)24-10-9-23(14-27(24)34)37-12-11-32-16-19-13-21(18-32)26-3-2-4-28(35)33(26)17-19/h2-10,14-15,19,21,34H,11-13,16-18H2,1H3,(H,30,31). The van der Waals surface area contributed by atoms with Crippen LogP contribution in [0.4, 0.5) is 0 Å². The molecule has 2 aromatic heterocycles. The number of fused-ring (bicyclic) bond motifs is 4. The Morgan fingerprint density at radius 1 is 1.03 bits per heavy atom. The fourth-order valence-corrected chi connectivity index (χ4v) is 5.76. The minimum atomic E-state index is 0.110. The number of nitrogens with one attached hydrogen (secondary N) is 1. The SMILES string of the molecule is COc1ccc(-c2cn[nH]c2-c2ccc(OCCN3CC4CC(C3)c3cccc(=O)n3C4)cc2O)cc1. The normalized spacial score (nSPS) is 18.8.